The van der Waals surface area contributed by atoms with Gasteiger partial charge in [0.15, 0.2) is 16.7 Å². The maximum absolute atomic E-state index is 9.56. The van der Waals surface area contributed by atoms with E-state index in [1.165, 1.54) is 11.8 Å². The van der Waals surface area contributed by atoms with E-state index in [-0.39, 0.29) is 0 Å². The number of furan rings is 1. The first kappa shape index (κ1) is 16.2. The summed E-state index contributed by atoms with van der Waals surface area (Å²) in [6, 6.07) is 5.89. The molecule has 0 spiro atoms. The van der Waals surface area contributed by atoms with Gasteiger partial charge in [-0.05, 0) is 42.3 Å². The van der Waals surface area contributed by atoms with Crippen molar-refractivity contribution in [3.05, 3.63) is 35.2 Å². The molecule has 0 aliphatic carbocycles. The molecule has 0 amide bonds. The minimum Gasteiger partial charge on any atom is -0.461 e. The minimum atomic E-state index is 0.549. The number of nitriles is 1. The van der Waals surface area contributed by atoms with Crippen molar-refractivity contribution < 1.29 is 4.42 Å². The molecule has 24 heavy (non-hydrogen) atoms. The summed E-state index contributed by atoms with van der Waals surface area (Å²) >= 11 is 1.28. The molecule has 0 unspecified atom stereocenters. The highest BCUT2D eigenvalue weighted by Crippen LogP contribution is 2.31. The molecule has 122 valence electrons. The van der Waals surface area contributed by atoms with Crippen LogP contribution >= 0.6 is 11.8 Å². The molecule has 3 aromatic rings. The van der Waals surface area contributed by atoms with Gasteiger partial charge >= 0.3 is 0 Å². The lowest BCUT2D eigenvalue weighted by Gasteiger charge is -2.09. The first-order chi connectivity index (χ1) is 11.7. The number of aromatic nitrogens is 5. The molecular weight excluding hydrogens is 324 g/mol. The van der Waals surface area contributed by atoms with E-state index in [4.69, 9.17) is 4.42 Å². The molecular formula is C16H16N6OS. The highest BCUT2D eigenvalue weighted by molar-refractivity contribution is 7.99. The molecule has 3 rings (SSSR count). The summed E-state index contributed by atoms with van der Waals surface area (Å²) in [6.07, 6.45) is 3.08. The van der Waals surface area contributed by atoms with Crippen LogP contribution in [-0.4, -0.2) is 25.0 Å². The van der Waals surface area contributed by atoms with Crippen LogP contribution in [0.1, 0.15) is 30.7 Å². The quantitative estimate of drug-likeness (QED) is 0.704. The molecule has 3 heterocycles. The van der Waals surface area contributed by atoms with Crippen molar-refractivity contribution in [1.29, 1.82) is 5.26 Å². The normalized spacial score (nSPS) is 10.8. The van der Waals surface area contributed by atoms with Crippen LogP contribution < -0.4 is 0 Å². The molecule has 0 saturated carbocycles. The van der Waals surface area contributed by atoms with E-state index >= 15 is 0 Å². The van der Waals surface area contributed by atoms with Gasteiger partial charge in [0.25, 0.3) is 0 Å². The second kappa shape index (κ2) is 6.84. The molecule has 7 nitrogen and oxygen atoms in total. The monoisotopic (exact) mass is 340 g/mol. The predicted octanol–water partition coefficient (Wildman–Crippen LogP) is 3.01. The van der Waals surface area contributed by atoms with Gasteiger partial charge in [0.05, 0.1) is 17.5 Å². The fourth-order valence-corrected chi connectivity index (χ4v) is 3.28. The van der Waals surface area contributed by atoms with Crippen LogP contribution in [0.2, 0.25) is 0 Å². The second-order valence-corrected chi connectivity index (χ2v) is 6.02. The molecule has 3 aromatic heterocycles. The molecule has 0 aromatic carbocycles. The third kappa shape index (κ3) is 2.78. The summed E-state index contributed by atoms with van der Waals surface area (Å²) in [7, 11) is 1.85. The lowest BCUT2D eigenvalue weighted by atomic mass is 10.1. The lowest BCUT2D eigenvalue weighted by Crippen LogP contribution is -2.05. The summed E-state index contributed by atoms with van der Waals surface area (Å²) in [5.74, 6) is 1.26. The number of hydrogen-bond donors (Lipinski definition) is 0. The molecule has 0 radical (unpaired) electrons. The van der Waals surface area contributed by atoms with E-state index in [1.54, 1.807) is 12.3 Å². The second-order valence-electron chi connectivity index (χ2n) is 5.07. The Labute approximate surface area is 143 Å². The number of hydrogen-bond acceptors (Lipinski definition) is 7. The largest absolute Gasteiger partial charge is 0.461 e. The Hall–Kier alpha value is -2.66. The van der Waals surface area contributed by atoms with Crippen LogP contribution in [0.15, 0.2) is 33.0 Å². The zero-order valence-corrected chi connectivity index (χ0v) is 14.5. The third-order valence-corrected chi connectivity index (χ3v) is 4.71. The molecule has 0 fully saturated rings. The zero-order valence-electron chi connectivity index (χ0n) is 13.6. The van der Waals surface area contributed by atoms with Crippen LogP contribution in [0, 0.1) is 11.3 Å². The van der Waals surface area contributed by atoms with Crippen LogP contribution in [0.3, 0.4) is 0 Å². The molecule has 0 aliphatic heterocycles. The summed E-state index contributed by atoms with van der Waals surface area (Å²) in [5, 5.41) is 27.6. The third-order valence-electron chi connectivity index (χ3n) is 3.69. The molecule has 8 heteroatoms. The standard InChI is InChI=1S/C16H16N6OS/c1-4-10-11(9-17)15(20-18-12(10)5-2)24-16-21-19-14(22(16)3)13-7-6-8-23-13/h6-8H,4-5H2,1-3H3. The maximum atomic E-state index is 9.56. The van der Waals surface area contributed by atoms with E-state index in [1.807, 2.05) is 31.5 Å². The van der Waals surface area contributed by atoms with Gasteiger partial charge in [-0.2, -0.15) is 10.4 Å². The van der Waals surface area contributed by atoms with Gasteiger partial charge in [0, 0.05) is 7.05 Å². The van der Waals surface area contributed by atoms with Crippen LogP contribution in [-0.2, 0) is 19.9 Å². The van der Waals surface area contributed by atoms with E-state index in [0.717, 1.165) is 24.1 Å². The summed E-state index contributed by atoms with van der Waals surface area (Å²) < 4.78 is 7.17. The van der Waals surface area contributed by atoms with Gasteiger partial charge in [-0.3, -0.25) is 0 Å². The average Bonchev–Trinajstić information content (AvgIpc) is 3.24. The Kier molecular flexibility index (Phi) is 4.62. The number of aryl methyl sites for hydroxylation is 1. The maximum Gasteiger partial charge on any atom is 0.200 e. The molecule has 0 aliphatic rings. The lowest BCUT2D eigenvalue weighted by molar-refractivity contribution is 0.572. The van der Waals surface area contributed by atoms with Crippen molar-refractivity contribution >= 4 is 11.8 Å². The van der Waals surface area contributed by atoms with Crippen LogP contribution in [0.25, 0.3) is 11.6 Å². The fourth-order valence-electron chi connectivity index (χ4n) is 2.45. The first-order valence-electron chi connectivity index (χ1n) is 7.59. The Bertz CT molecular complexity index is 894. The SMILES string of the molecule is CCc1nnc(Sc2nnc(-c3ccco3)n2C)c(C#N)c1CC. The fraction of sp³-hybridized carbons (Fsp3) is 0.312. The van der Waals surface area contributed by atoms with Gasteiger partial charge in [-0.1, -0.05) is 13.8 Å². The van der Waals surface area contributed by atoms with Gasteiger partial charge < -0.3 is 8.98 Å². The van der Waals surface area contributed by atoms with Gasteiger partial charge in [0.2, 0.25) is 0 Å². The topological polar surface area (TPSA) is 93.4 Å². The highest BCUT2D eigenvalue weighted by Gasteiger charge is 2.19. The van der Waals surface area contributed by atoms with Gasteiger partial charge in [0.1, 0.15) is 11.1 Å². The van der Waals surface area contributed by atoms with E-state index < -0.39 is 0 Å². The van der Waals surface area contributed by atoms with Crippen molar-refractivity contribution in [3.8, 4) is 17.7 Å². The molecule has 0 N–H and O–H groups in total. The summed E-state index contributed by atoms with van der Waals surface area (Å²) in [6.45, 7) is 4.03. The van der Waals surface area contributed by atoms with E-state index in [9.17, 15) is 5.26 Å². The number of rotatable bonds is 5. The molecule has 0 saturated heterocycles. The Morgan fingerprint density at radius 1 is 1.21 bits per heavy atom. The van der Waals surface area contributed by atoms with Crippen molar-refractivity contribution in [2.24, 2.45) is 7.05 Å². The minimum absolute atomic E-state index is 0.549. The average molecular weight is 340 g/mol. The summed E-state index contributed by atoms with van der Waals surface area (Å²) in [4.78, 5) is 0. The molecule has 0 bridgehead atoms. The number of nitrogens with zero attached hydrogens (tertiary/aromatic N) is 6. The zero-order chi connectivity index (χ0) is 17.1. The van der Waals surface area contributed by atoms with Crippen LogP contribution in [0.5, 0.6) is 0 Å². The highest BCUT2D eigenvalue weighted by atomic mass is 32.2. The Morgan fingerprint density at radius 3 is 2.67 bits per heavy atom. The van der Waals surface area contributed by atoms with Crippen molar-refractivity contribution in [2.75, 3.05) is 0 Å². The van der Waals surface area contributed by atoms with Gasteiger partial charge in [-0.15, -0.1) is 15.3 Å². The van der Waals surface area contributed by atoms with E-state index in [2.05, 4.69) is 26.5 Å². The van der Waals surface area contributed by atoms with Crippen molar-refractivity contribution in [3.63, 3.8) is 0 Å². The van der Waals surface area contributed by atoms with E-state index in [0.29, 0.717) is 27.3 Å². The van der Waals surface area contributed by atoms with Crippen molar-refractivity contribution in [2.45, 2.75) is 36.9 Å². The molecule has 0 atom stereocenters. The van der Waals surface area contributed by atoms with Crippen LogP contribution in [0.4, 0.5) is 0 Å². The summed E-state index contributed by atoms with van der Waals surface area (Å²) in [5.41, 5.74) is 2.38. The predicted molar refractivity (Wildman–Crippen MR) is 88.3 cm³/mol. The first-order valence-corrected chi connectivity index (χ1v) is 8.40. The smallest absolute Gasteiger partial charge is 0.200 e. The Balaban J connectivity index is 2.00. The van der Waals surface area contributed by atoms with Gasteiger partial charge in [-0.25, -0.2) is 0 Å². The Morgan fingerprint density at radius 2 is 2.04 bits per heavy atom. The van der Waals surface area contributed by atoms with Crippen molar-refractivity contribution in [1.82, 2.24) is 25.0 Å².